The van der Waals surface area contributed by atoms with E-state index in [1.54, 1.807) is 0 Å². The number of nitrogens with one attached hydrogen (secondary N) is 2. The van der Waals surface area contributed by atoms with Crippen molar-refractivity contribution in [2.24, 2.45) is 5.92 Å². The van der Waals surface area contributed by atoms with Gasteiger partial charge in [-0.2, -0.15) is 0 Å². The van der Waals surface area contributed by atoms with Crippen LogP contribution in [0.5, 0.6) is 0 Å². The van der Waals surface area contributed by atoms with Crippen molar-refractivity contribution in [1.82, 2.24) is 15.1 Å². The molecule has 134 valence electrons. The second-order valence-corrected chi connectivity index (χ2v) is 7.23. The van der Waals surface area contributed by atoms with E-state index in [9.17, 15) is 14.4 Å². The molecule has 3 rings (SSSR count). The second kappa shape index (κ2) is 7.96. The van der Waals surface area contributed by atoms with Gasteiger partial charge in [0.1, 0.15) is 0 Å². The summed E-state index contributed by atoms with van der Waals surface area (Å²) in [5.74, 6) is 0.356. The molecule has 4 amide bonds. The molecule has 0 bridgehead atoms. The van der Waals surface area contributed by atoms with Crippen LogP contribution in [0.4, 0.5) is 4.79 Å². The Morgan fingerprint density at radius 1 is 1.08 bits per heavy atom. The lowest BCUT2D eigenvalue weighted by Crippen LogP contribution is -3.15. The third-order valence-electron chi connectivity index (χ3n) is 5.50. The van der Waals surface area contributed by atoms with Gasteiger partial charge >= 0.3 is 6.03 Å². The normalized spacial score (nSPS) is 29.2. The summed E-state index contributed by atoms with van der Waals surface area (Å²) in [6.07, 6.45) is 6.82. The Bertz CT molecular complexity index is 464. The highest BCUT2D eigenvalue weighted by atomic mass is 16.2. The van der Waals surface area contributed by atoms with Gasteiger partial charge in [0.25, 0.3) is 0 Å². The van der Waals surface area contributed by atoms with Crippen molar-refractivity contribution in [1.29, 1.82) is 0 Å². The molecule has 24 heavy (non-hydrogen) atoms. The molecular weight excluding hydrogens is 308 g/mol. The van der Waals surface area contributed by atoms with E-state index in [0.717, 1.165) is 51.9 Å². The summed E-state index contributed by atoms with van der Waals surface area (Å²) in [5.41, 5.74) is 0. The standard InChI is InChI=1S/C17H28N4O3/c22-15-5-8-18-17(24)21(15)13-19-11-6-14(7-12-19)16(23)20-9-3-1-2-4-10-20/h14H,1-13H2,(H,18,24)/p+1. The van der Waals surface area contributed by atoms with Gasteiger partial charge in [0.15, 0.2) is 6.67 Å². The molecule has 0 atom stereocenters. The Morgan fingerprint density at radius 2 is 1.75 bits per heavy atom. The Hall–Kier alpha value is -1.63. The highest BCUT2D eigenvalue weighted by Crippen LogP contribution is 2.17. The lowest BCUT2D eigenvalue weighted by molar-refractivity contribution is -0.913. The van der Waals surface area contributed by atoms with Crippen molar-refractivity contribution in [3.05, 3.63) is 0 Å². The molecule has 7 nitrogen and oxygen atoms in total. The van der Waals surface area contributed by atoms with Crippen LogP contribution < -0.4 is 10.2 Å². The number of likely N-dealkylation sites (tertiary alicyclic amines) is 2. The first-order valence-corrected chi connectivity index (χ1v) is 9.35. The fraction of sp³-hybridized carbons (Fsp3) is 0.824. The number of nitrogens with zero attached hydrogens (tertiary/aromatic N) is 2. The molecule has 0 aliphatic carbocycles. The fourth-order valence-corrected chi connectivity index (χ4v) is 3.98. The number of quaternary nitrogens is 1. The first-order chi connectivity index (χ1) is 11.6. The maximum Gasteiger partial charge on any atom is 0.328 e. The summed E-state index contributed by atoms with van der Waals surface area (Å²) >= 11 is 0. The molecule has 0 aromatic heterocycles. The van der Waals surface area contributed by atoms with Crippen molar-refractivity contribution < 1.29 is 19.3 Å². The summed E-state index contributed by atoms with van der Waals surface area (Å²) in [5, 5.41) is 2.72. The minimum atomic E-state index is -0.276. The van der Waals surface area contributed by atoms with Gasteiger partial charge in [-0.25, -0.2) is 9.69 Å². The van der Waals surface area contributed by atoms with Gasteiger partial charge in [-0.15, -0.1) is 0 Å². The number of rotatable bonds is 3. The van der Waals surface area contributed by atoms with Crippen molar-refractivity contribution in [2.45, 2.75) is 44.9 Å². The minimum Gasteiger partial charge on any atom is -0.342 e. The number of carbonyl (C=O) groups excluding carboxylic acids is 3. The summed E-state index contributed by atoms with van der Waals surface area (Å²) in [6, 6.07) is -0.276. The largest absolute Gasteiger partial charge is 0.342 e. The summed E-state index contributed by atoms with van der Waals surface area (Å²) in [7, 11) is 0. The first-order valence-electron chi connectivity index (χ1n) is 9.35. The van der Waals surface area contributed by atoms with Gasteiger partial charge in [0, 0.05) is 44.8 Å². The van der Waals surface area contributed by atoms with Gasteiger partial charge in [-0.05, 0) is 12.8 Å². The second-order valence-electron chi connectivity index (χ2n) is 7.23. The third-order valence-corrected chi connectivity index (χ3v) is 5.50. The third kappa shape index (κ3) is 4.06. The zero-order valence-electron chi connectivity index (χ0n) is 14.4. The molecule has 3 aliphatic heterocycles. The molecule has 0 radical (unpaired) electrons. The van der Waals surface area contributed by atoms with E-state index in [1.165, 1.54) is 22.6 Å². The maximum absolute atomic E-state index is 12.7. The molecule has 0 saturated carbocycles. The predicted molar refractivity (Wildman–Crippen MR) is 88.2 cm³/mol. The molecule has 3 aliphatic rings. The molecule has 0 spiro atoms. The maximum atomic E-state index is 12.7. The van der Waals surface area contributed by atoms with Gasteiger partial charge in [0.2, 0.25) is 11.8 Å². The molecule has 2 N–H and O–H groups in total. The average Bonchev–Trinajstić information content (AvgIpc) is 2.88. The molecule has 3 saturated heterocycles. The summed E-state index contributed by atoms with van der Waals surface area (Å²) < 4.78 is 0. The van der Waals surface area contributed by atoms with Crippen molar-refractivity contribution in [3.63, 3.8) is 0 Å². The number of piperidine rings is 1. The van der Waals surface area contributed by atoms with E-state index in [1.807, 2.05) is 0 Å². The van der Waals surface area contributed by atoms with Crippen LogP contribution in [0, 0.1) is 5.92 Å². The van der Waals surface area contributed by atoms with Crippen LogP contribution in [0.2, 0.25) is 0 Å². The number of imide groups is 1. The van der Waals surface area contributed by atoms with Crippen LogP contribution in [-0.2, 0) is 9.59 Å². The number of carbonyl (C=O) groups is 3. The number of hydrogen-bond donors (Lipinski definition) is 2. The average molecular weight is 337 g/mol. The number of amides is 4. The first kappa shape index (κ1) is 17.2. The van der Waals surface area contributed by atoms with E-state index in [2.05, 4.69) is 10.2 Å². The van der Waals surface area contributed by atoms with Gasteiger partial charge in [-0.1, -0.05) is 12.8 Å². The predicted octanol–water partition coefficient (Wildman–Crippen LogP) is -0.417. The Kier molecular flexibility index (Phi) is 5.71. The van der Waals surface area contributed by atoms with Gasteiger partial charge in [0.05, 0.1) is 13.1 Å². The quantitative estimate of drug-likeness (QED) is 0.735. The molecule has 0 aromatic carbocycles. The lowest BCUT2D eigenvalue weighted by Gasteiger charge is -2.34. The SMILES string of the molecule is O=C(C1CC[NH+](CN2C(=O)CCNC2=O)CC1)N1CCCCCC1. The molecule has 0 aromatic rings. The van der Waals surface area contributed by atoms with Crippen molar-refractivity contribution >= 4 is 17.8 Å². The molecule has 7 heteroatoms. The number of hydrogen-bond acceptors (Lipinski definition) is 3. The molecule has 3 heterocycles. The van der Waals surface area contributed by atoms with E-state index < -0.39 is 0 Å². The Labute approximate surface area is 143 Å². The van der Waals surface area contributed by atoms with Crippen LogP contribution >= 0.6 is 0 Å². The molecule has 3 fully saturated rings. The summed E-state index contributed by atoms with van der Waals surface area (Å²) in [6.45, 7) is 4.39. The van der Waals surface area contributed by atoms with Crippen LogP contribution in [-0.4, -0.2) is 67.0 Å². The fourth-order valence-electron chi connectivity index (χ4n) is 3.98. The topological polar surface area (TPSA) is 74.2 Å². The molecule has 0 unspecified atom stereocenters. The summed E-state index contributed by atoms with van der Waals surface area (Å²) in [4.78, 5) is 41.0. The monoisotopic (exact) mass is 337 g/mol. The number of urea groups is 1. The highest BCUT2D eigenvalue weighted by molar-refractivity contribution is 5.96. The Balaban J connectivity index is 1.47. The van der Waals surface area contributed by atoms with Crippen molar-refractivity contribution in [2.75, 3.05) is 39.4 Å². The minimum absolute atomic E-state index is 0.0889. The van der Waals surface area contributed by atoms with Gasteiger partial charge in [-0.3, -0.25) is 9.59 Å². The zero-order valence-corrected chi connectivity index (χ0v) is 14.4. The van der Waals surface area contributed by atoms with Gasteiger partial charge < -0.3 is 15.1 Å². The van der Waals surface area contributed by atoms with E-state index in [4.69, 9.17) is 0 Å². The van der Waals surface area contributed by atoms with Crippen LogP contribution in [0.3, 0.4) is 0 Å². The zero-order chi connectivity index (χ0) is 16.9. The smallest absolute Gasteiger partial charge is 0.328 e. The van der Waals surface area contributed by atoms with Crippen molar-refractivity contribution in [3.8, 4) is 0 Å². The van der Waals surface area contributed by atoms with Crippen LogP contribution in [0.15, 0.2) is 0 Å². The van der Waals surface area contributed by atoms with E-state index >= 15 is 0 Å². The van der Waals surface area contributed by atoms with E-state index in [0.29, 0.717) is 25.5 Å². The highest BCUT2D eigenvalue weighted by Gasteiger charge is 2.34. The van der Waals surface area contributed by atoms with Crippen LogP contribution in [0.1, 0.15) is 44.9 Å². The molecular formula is C17H29N4O3+. The lowest BCUT2D eigenvalue weighted by atomic mass is 9.95. The van der Waals surface area contributed by atoms with E-state index in [-0.39, 0.29) is 17.9 Å². The van der Waals surface area contributed by atoms with Crippen LogP contribution in [0.25, 0.3) is 0 Å². The Morgan fingerprint density at radius 3 is 2.38 bits per heavy atom.